The molecule has 0 saturated heterocycles. The second kappa shape index (κ2) is 19.0. The molecule has 0 aromatic carbocycles. The molecule has 1 rings (SSSR count). The summed E-state index contributed by atoms with van der Waals surface area (Å²) in [5.41, 5.74) is 0. The molecule has 1 heterocycles. The summed E-state index contributed by atoms with van der Waals surface area (Å²) in [5, 5.41) is 0. The Morgan fingerprint density at radius 3 is 1.69 bits per heavy atom. The molecule has 0 aromatic rings. The highest BCUT2D eigenvalue weighted by Gasteiger charge is 2.05. The van der Waals surface area contributed by atoms with E-state index in [4.69, 9.17) is 4.74 Å². The molecule has 0 unspecified atom stereocenters. The van der Waals surface area contributed by atoms with E-state index in [1.54, 1.807) is 0 Å². The first kappa shape index (κ1) is 23.2. The fourth-order valence-corrected chi connectivity index (χ4v) is 3.58. The minimum atomic E-state index is 0.810. The molecular weight excluding hydrogens is 318 g/mol. The van der Waals surface area contributed by atoms with Gasteiger partial charge in [-0.1, -0.05) is 96.1 Å². The smallest absolute Gasteiger partial charge is 0.183 e. The average molecular weight is 364 g/mol. The van der Waals surface area contributed by atoms with Crippen molar-refractivity contribution in [3.05, 3.63) is 12.2 Å². The first-order valence-electron chi connectivity index (χ1n) is 11.7. The molecule has 2 heteroatoms. The number of rotatable bonds is 19. The molecule has 0 saturated carbocycles. The van der Waals surface area contributed by atoms with Crippen molar-refractivity contribution in [1.82, 2.24) is 0 Å². The van der Waals surface area contributed by atoms with Gasteiger partial charge in [0.05, 0.1) is 6.54 Å². The molecule has 0 fully saturated rings. The summed E-state index contributed by atoms with van der Waals surface area (Å²) in [6.07, 6.45) is 29.4. The molecule has 26 heavy (non-hydrogen) atoms. The van der Waals surface area contributed by atoms with Gasteiger partial charge in [-0.05, 0) is 32.1 Å². The molecule has 0 radical (unpaired) electrons. The van der Waals surface area contributed by atoms with Crippen molar-refractivity contribution in [3.63, 3.8) is 0 Å². The molecule has 2 nitrogen and oxygen atoms in total. The van der Waals surface area contributed by atoms with Crippen LogP contribution >= 0.6 is 0 Å². The fraction of sp³-hybridized carbons (Fsp3) is 0.875. The van der Waals surface area contributed by atoms with Gasteiger partial charge in [-0.15, -0.1) is 0 Å². The molecule has 0 atom stereocenters. The van der Waals surface area contributed by atoms with Gasteiger partial charge in [-0.25, -0.2) is 0 Å². The van der Waals surface area contributed by atoms with Crippen LogP contribution < -0.4 is 0 Å². The Labute approximate surface area is 163 Å². The van der Waals surface area contributed by atoms with Gasteiger partial charge in [0.15, 0.2) is 5.90 Å². The highest BCUT2D eigenvalue weighted by molar-refractivity contribution is 5.77. The van der Waals surface area contributed by atoms with Crippen LogP contribution in [0.5, 0.6) is 0 Å². The van der Waals surface area contributed by atoms with Gasteiger partial charge >= 0.3 is 0 Å². The molecule has 152 valence electrons. The van der Waals surface area contributed by atoms with Crippen LogP contribution in [0.15, 0.2) is 17.1 Å². The van der Waals surface area contributed by atoms with E-state index in [1.165, 1.54) is 109 Å². The summed E-state index contributed by atoms with van der Waals surface area (Å²) in [4.78, 5) is 4.34. The third-order valence-corrected chi connectivity index (χ3v) is 5.30. The standard InChI is InChI=1S/C24H45NO/c1-2-3-4-5-6-7-8-9-10-11-12-13-14-15-16-17-18-19-20-21-24-25-22-23-26-24/h9-10H,2-8,11-23H2,1H3. The maximum Gasteiger partial charge on any atom is 0.183 e. The Bertz CT molecular complexity index is 348. The summed E-state index contributed by atoms with van der Waals surface area (Å²) >= 11 is 0. The summed E-state index contributed by atoms with van der Waals surface area (Å²) in [6, 6.07) is 0. The lowest BCUT2D eigenvalue weighted by atomic mass is 10.1. The zero-order chi connectivity index (χ0) is 18.5. The third-order valence-electron chi connectivity index (χ3n) is 5.30. The minimum Gasteiger partial charge on any atom is -0.479 e. The van der Waals surface area contributed by atoms with E-state index in [0.29, 0.717) is 0 Å². The topological polar surface area (TPSA) is 21.6 Å². The number of nitrogens with zero attached hydrogens (tertiary/aromatic N) is 1. The Morgan fingerprint density at radius 2 is 1.19 bits per heavy atom. The van der Waals surface area contributed by atoms with Crippen molar-refractivity contribution in [2.45, 2.75) is 122 Å². The summed E-state index contributed by atoms with van der Waals surface area (Å²) in [7, 11) is 0. The van der Waals surface area contributed by atoms with Crippen molar-refractivity contribution in [1.29, 1.82) is 0 Å². The lowest BCUT2D eigenvalue weighted by Gasteiger charge is -2.03. The van der Waals surface area contributed by atoms with E-state index >= 15 is 0 Å². The van der Waals surface area contributed by atoms with Crippen LogP contribution in [0.2, 0.25) is 0 Å². The quantitative estimate of drug-likeness (QED) is 0.168. The summed E-state index contributed by atoms with van der Waals surface area (Å²) < 4.78 is 5.44. The molecule has 0 spiro atoms. The lowest BCUT2D eigenvalue weighted by Crippen LogP contribution is -1.98. The van der Waals surface area contributed by atoms with Gasteiger partial charge in [-0.3, -0.25) is 4.99 Å². The Kier molecular flexibility index (Phi) is 17.0. The van der Waals surface area contributed by atoms with Gasteiger partial charge in [0.1, 0.15) is 6.61 Å². The minimum absolute atomic E-state index is 0.810. The maximum absolute atomic E-state index is 5.44. The van der Waals surface area contributed by atoms with Crippen LogP contribution in [-0.4, -0.2) is 19.0 Å². The first-order valence-corrected chi connectivity index (χ1v) is 11.7. The van der Waals surface area contributed by atoms with Crippen LogP contribution in [0.4, 0.5) is 0 Å². The van der Waals surface area contributed by atoms with E-state index in [0.717, 1.165) is 25.5 Å². The van der Waals surface area contributed by atoms with Gasteiger partial charge in [0, 0.05) is 6.42 Å². The highest BCUT2D eigenvalue weighted by Crippen LogP contribution is 2.13. The van der Waals surface area contributed by atoms with E-state index in [-0.39, 0.29) is 0 Å². The zero-order valence-corrected chi connectivity index (χ0v) is 17.7. The van der Waals surface area contributed by atoms with Crippen molar-refractivity contribution in [3.8, 4) is 0 Å². The van der Waals surface area contributed by atoms with Crippen molar-refractivity contribution >= 4 is 5.90 Å². The molecule has 1 aliphatic heterocycles. The van der Waals surface area contributed by atoms with E-state index in [1.807, 2.05) is 0 Å². The predicted octanol–water partition coefficient (Wildman–Crippen LogP) is 8.01. The Balaban J connectivity index is 1.68. The molecular formula is C24H45NO. The fourth-order valence-electron chi connectivity index (χ4n) is 3.58. The number of hydrogen-bond acceptors (Lipinski definition) is 2. The van der Waals surface area contributed by atoms with Gasteiger partial charge in [0.2, 0.25) is 0 Å². The second-order valence-electron chi connectivity index (χ2n) is 7.87. The monoisotopic (exact) mass is 363 g/mol. The van der Waals surface area contributed by atoms with E-state index in [2.05, 4.69) is 24.1 Å². The lowest BCUT2D eigenvalue weighted by molar-refractivity contribution is 0.336. The summed E-state index contributed by atoms with van der Waals surface area (Å²) in [5.74, 6) is 1.01. The van der Waals surface area contributed by atoms with Crippen LogP contribution in [0.25, 0.3) is 0 Å². The van der Waals surface area contributed by atoms with Crippen molar-refractivity contribution in [2.24, 2.45) is 4.99 Å². The van der Waals surface area contributed by atoms with Gasteiger partial charge in [-0.2, -0.15) is 0 Å². The van der Waals surface area contributed by atoms with Crippen molar-refractivity contribution in [2.75, 3.05) is 13.2 Å². The number of allylic oxidation sites excluding steroid dienone is 2. The number of hydrogen-bond donors (Lipinski definition) is 0. The molecule has 0 aromatic heterocycles. The Hall–Kier alpha value is -0.790. The molecule has 0 bridgehead atoms. The normalized spacial score (nSPS) is 14.1. The number of aliphatic imine (C=N–C) groups is 1. The van der Waals surface area contributed by atoms with Crippen LogP contribution in [0, 0.1) is 0 Å². The third kappa shape index (κ3) is 15.5. The van der Waals surface area contributed by atoms with Gasteiger partial charge in [0.25, 0.3) is 0 Å². The first-order chi connectivity index (χ1) is 12.9. The van der Waals surface area contributed by atoms with Crippen LogP contribution in [0.3, 0.4) is 0 Å². The molecule has 0 amide bonds. The Morgan fingerprint density at radius 1 is 0.692 bits per heavy atom. The van der Waals surface area contributed by atoms with Crippen molar-refractivity contribution < 1.29 is 4.74 Å². The SMILES string of the molecule is CCCCCCCCC=CCCCCCCCCCCCC1=NCCO1. The predicted molar refractivity (Wildman–Crippen MR) is 116 cm³/mol. The van der Waals surface area contributed by atoms with Crippen LogP contribution in [-0.2, 0) is 4.74 Å². The molecule has 0 N–H and O–H groups in total. The van der Waals surface area contributed by atoms with Gasteiger partial charge < -0.3 is 4.74 Å². The summed E-state index contributed by atoms with van der Waals surface area (Å²) in [6.45, 7) is 3.97. The maximum atomic E-state index is 5.44. The largest absolute Gasteiger partial charge is 0.479 e. The second-order valence-corrected chi connectivity index (χ2v) is 7.87. The van der Waals surface area contributed by atoms with Crippen LogP contribution in [0.1, 0.15) is 122 Å². The molecule has 0 aliphatic carbocycles. The highest BCUT2D eigenvalue weighted by atomic mass is 16.5. The zero-order valence-electron chi connectivity index (χ0n) is 17.7. The van der Waals surface area contributed by atoms with E-state index in [9.17, 15) is 0 Å². The number of unbranched alkanes of at least 4 members (excludes halogenated alkanes) is 15. The average Bonchev–Trinajstić information content (AvgIpc) is 3.17. The van der Waals surface area contributed by atoms with E-state index < -0.39 is 0 Å². The molecule has 1 aliphatic rings. The number of ether oxygens (including phenoxy) is 1.